The van der Waals surface area contributed by atoms with E-state index in [1.54, 1.807) is 0 Å². The van der Waals surface area contributed by atoms with Crippen LogP contribution in [-0.2, 0) is 0 Å². The molecule has 2 heterocycles. The van der Waals surface area contributed by atoms with E-state index in [4.69, 9.17) is 0 Å². The van der Waals surface area contributed by atoms with Crippen LogP contribution in [-0.4, -0.2) is 36.5 Å². The van der Waals surface area contributed by atoms with Crippen molar-refractivity contribution in [3.8, 4) is 0 Å². The molecule has 0 saturated carbocycles. The van der Waals surface area contributed by atoms with Crippen LogP contribution in [0.2, 0.25) is 0 Å². The van der Waals surface area contributed by atoms with Crippen molar-refractivity contribution in [3.63, 3.8) is 0 Å². The summed E-state index contributed by atoms with van der Waals surface area (Å²) in [6.07, 6.45) is -2.29. The second kappa shape index (κ2) is 8.37. The van der Waals surface area contributed by atoms with E-state index in [9.17, 15) is 13.2 Å². The van der Waals surface area contributed by atoms with Crippen molar-refractivity contribution in [3.05, 3.63) is 77.4 Å². The van der Waals surface area contributed by atoms with Crippen LogP contribution in [0.5, 0.6) is 0 Å². The van der Waals surface area contributed by atoms with Crippen molar-refractivity contribution in [2.45, 2.75) is 12.2 Å². The number of hydrogen-bond donors (Lipinski definition) is 1. The lowest BCUT2D eigenvalue weighted by Gasteiger charge is -2.31. The van der Waals surface area contributed by atoms with Gasteiger partial charge in [-0.1, -0.05) is 60.7 Å². The topological polar surface area (TPSA) is 27.6 Å². The average Bonchev–Trinajstić information content (AvgIpc) is 3.00. The van der Waals surface area contributed by atoms with Gasteiger partial charge in [-0.25, -0.2) is 0 Å². The fourth-order valence-electron chi connectivity index (χ4n) is 3.84. The molecule has 148 valence electrons. The van der Waals surface area contributed by atoms with Crippen LogP contribution < -0.4 is 5.32 Å². The molecule has 0 radical (unpaired) electrons. The van der Waals surface area contributed by atoms with Gasteiger partial charge in [-0.3, -0.25) is 5.01 Å². The van der Waals surface area contributed by atoms with Crippen LogP contribution in [0.3, 0.4) is 0 Å². The van der Waals surface area contributed by atoms with Gasteiger partial charge in [-0.2, -0.15) is 18.3 Å². The summed E-state index contributed by atoms with van der Waals surface area (Å²) in [6, 6.07) is 18.7. The fourth-order valence-corrected chi connectivity index (χ4v) is 3.84. The van der Waals surface area contributed by atoms with Crippen molar-refractivity contribution >= 4 is 24.2 Å². The van der Waals surface area contributed by atoms with Gasteiger partial charge >= 0.3 is 6.18 Å². The number of benzene rings is 2. The zero-order chi connectivity index (χ0) is 18.9. The summed E-state index contributed by atoms with van der Waals surface area (Å²) in [5.41, 5.74) is 3.58. The Balaban J connectivity index is 0.00000225. The van der Waals surface area contributed by atoms with E-state index in [-0.39, 0.29) is 18.3 Å². The quantitative estimate of drug-likeness (QED) is 0.799. The van der Waals surface area contributed by atoms with Crippen molar-refractivity contribution in [1.29, 1.82) is 0 Å². The van der Waals surface area contributed by atoms with Crippen molar-refractivity contribution in [2.24, 2.45) is 11.0 Å². The fraction of sp³-hybridized carbons (Fsp3) is 0.286. The molecule has 3 nitrogen and oxygen atoms in total. The second-order valence-electron chi connectivity index (χ2n) is 6.87. The van der Waals surface area contributed by atoms with Gasteiger partial charge in [0, 0.05) is 19.0 Å². The molecular formula is C21H21ClF3N3. The molecule has 7 heteroatoms. The highest BCUT2D eigenvalue weighted by Crippen LogP contribution is 2.40. The Morgan fingerprint density at radius 2 is 1.68 bits per heavy atom. The summed E-state index contributed by atoms with van der Waals surface area (Å²) in [5.74, 6) is -0.113. The summed E-state index contributed by atoms with van der Waals surface area (Å²) in [5, 5.41) is 9.01. The first kappa shape index (κ1) is 20.4. The number of hydrazone groups is 1. The molecule has 28 heavy (non-hydrogen) atoms. The minimum absolute atomic E-state index is 0. The third-order valence-electron chi connectivity index (χ3n) is 4.92. The van der Waals surface area contributed by atoms with Crippen LogP contribution >= 0.6 is 12.4 Å². The van der Waals surface area contributed by atoms with E-state index in [2.05, 4.69) is 10.4 Å². The molecule has 0 amide bonds. The number of nitrogens with zero attached hydrogens (tertiary/aromatic N) is 2. The number of alkyl halides is 3. The lowest BCUT2D eigenvalue weighted by molar-refractivity contribution is -0.150. The van der Waals surface area contributed by atoms with Crippen LogP contribution in [0, 0.1) is 5.92 Å². The molecule has 2 aliphatic heterocycles. The third kappa shape index (κ3) is 4.39. The lowest BCUT2D eigenvalue weighted by atomic mass is 9.84. The smallest absolute Gasteiger partial charge is 0.312 e. The molecule has 2 unspecified atom stereocenters. The monoisotopic (exact) mass is 407 g/mol. The maximum atomic E-state index is 13.2. The van der Waals surface area contributed by atoms with E-state index in [0.717, 1.165) is 22.4 Å². The Morgan fingerprint density at radius 1 is 1.04 bits per heavy atom. The molecule has 1 saturated heterocycles. The number of hydrogen-bond acceptors (Lipinski definition) is 3. The molecule has 2 aliphatic rings. The van der Waals surface area contributed by atoms with Gasteiger partial charge in [-0.05, 0) is 22.8 Å². The molecule has 0 aromatic heterocycles. The second-order valence-corrected chi connectivity index (χ2v) is 6.87. The summed E-state index contributed by atoms with van der Waals surface area (Å²) < 4.78 is 39.5. The first-order valence-corrected chi connectivity index (χ1v) is 8.95. The minimum Gasteiger partial charge on any atom is -0.312 e. The van der Waals surface area contributed by atoms with Gasteiger partial charge in [0.25, 0.3) is 0 Å². The lowest BCUT2D eigenvalue weighted by Crippen LogP contribution is -2.41. The van der Waals surface area contributed by atoms with Crippen LogP contribution in [0.15, 0.2) is 71.3 Å². The molecule has 4 rings (SSSR count). The highest BCUT2D eigenvalue weighted by molar-refractivity contribution is 6.07. The molecule has 2 aromatic rings. The maximum absolute atomic E-state index is 13.2. The maximum Gasteiger partial charge on any atom is 0.407 e. The molecular weight excluding hydrogens is 387 g/mol. The Kier molecular flexibility index (Phi) is 6.10. The number of nitrogens with one attached hydrogen (secondary N) is 1. The molecule has 1 fully saturated rings. The first-order chi connectivity index (χ1) is 13.0. The van der Waals surface area contributed by atoms with Gasteiger partial charge in [0.05, 0.1) is 11.8 Å². The normalized spacial score (nSPS) is 23.2. The summed E-state index contributed by atoms with van der Waals surface area (Å²) in [7, 11) is 0. The zero-order valence-corrected chi connectivity index (χ0v) is 15.9. The Bertz CT molecular complexity index is 850. The van der Waals surface area contributed by atoms with E-state index >= 15 is 0 Å². The van der Waals surface area contributed by atoms with E-state index in [1.807, 2.05) is 66.7 Å². The number of halogens is 4. The van der Waals surface area contributed by atoms with Gasteiger partial charge < -0.3 is 5.32 Å². The molecule has 1 N–H and O–H groups in total. The van der Waals surface area contributed by atoms with E-state index < -0.39 is 18.8 Å². The van der Waals surface area contributed by atoms with Crippen molar-refractivity contribution in [1.82, 2.24) is 10.3 Å². The largest absolute Gasteiger partial charge is 0.407 e. The predicted octanol–water partition coefficient (Wildman–Crippen LogP) is 4.69. The standard InChI is InChI=1S/C21H20F3N3.ClH/c22-21(23,24)14-27-20(16-9-5-2-6-10-16)18-13-25-12-17(19(18)26-27)11-15-7-3-1-4-8-15;/h1-11,18,20,25H,12-14H2;1H. The molecule has 0 spiro atoms. The Labute approximate surface area is 168 Å². The molecule has 2 atom stereocenters. The summed E-state index contributed by atoms with van der Waals surface area (Å²) in [6.45, 7) is 0.162. The van der Waals surface area contributed by atoms with E-state index in [1.165, 1.54) is 5.01 Å². The highest BCUT2D eigenvalue weighted by atomic mass is 35.5. The Hall–Kier alpha value is -2.31. The minimum atomic E-state index is -4.30. The van der Waals surface area contributed by atoms with Crippen molar-refractivity contribution in [2.75, 3.05) is 19.6 Å². The first-order valence-electron chi connectivity index (χ1n) is 8.95. The van der Waals surface area contributed by atoms with Crippen LogP contribution in [0.4, 0.5) is 13.2 Å². The number of fused-ring (bicyclic) bond motifs is 1. The molecule has 0 bridgehead atoms. The third-order valence-corrected chi connectivity index (χ3v) is 4.92. The number of rotatable bonds is 3. The van der Waals surface area contributed by atoms with Crippen molar-refractivity contribution < 1.29 is 13.2 Å². The van der Waals surface area contributed by atoms with Gasteiger partial charge in [-0.15, -0.1) is 12.4 Å². The van der Waals surface area contributed by atoms with Crippen LogP contribution in [0.25, 0.3) is 6.08 Å². The average molecular weight is 408 g/mol. The SMILES string of the molecule is Cl.FC(F)(F)CN1N=C2C(=Cc3ccccc3)CNCC2C1c1ccccc1. The molecule has 2 aromatic carbocycles. The van der Waals surface area contributed by atoms with E-state index in [0.29, 0.717) is 13.1 Å². The van der Waals surface area contributed by atoms with Gasteiger partial charge in [0.2, 0.25) is 0 Å². The predicted molar refractivity (Wildman–Crippen MR) is 107 cm³/mol. The Morgan fingerprint density at radius 3 is 2.32 bits per heavy atom. The number of piperidine rings is 1. The van der Waals surface area contributed by atoms with Crippen LogP contribution in [0.1, 0.15) is 17.2 Å². The van der Waals surface area contributed by atoms with Gasteiger partial charge in [0.1, 0.15) is 6.54 Å². The highest BCUT2D eigenvalue weighted by Gasteiger charge is 2.45. The molecule has 0 aliphatic carbocycles. The van der Waals surface area contributed by atoms with Gasteiger partial charge in [0.15, 0.2) is 0 Å². The summed E-state index contributed by atoms with van der Waals surface area (Å²) in [4.78, 5) is 0. The summed E-state index contributed by atoms with van der Waals surface area (Å²) >= 11 is 0. The zero-order valence-electron chi connectivity index (χ0n) is 15.1.